The van der Waals surface area contributed by atoms with Crippen molar-refractivity contribution in [2.75, 3.05) is 11.9 Å². The summed E-state index contributed by atoms with van der Waals surface area (Å²) < 4.78 is 5.62. The number of nitrogens with zero attached hydrogens (tertiary/aromatic N) is 1. The van der Waals surface area contributed by atoms with Gasteiger partial charge in [-0.25, -0.2) is 4.98 Å². The number of hydrogen-bond donors (Lipinski definition) is 1. The second-order valence-electron chi connectivity index (χ2n) is 5.18. The Morgan fingerprint density at radius 3 is 3.11 bits per heavy atom. The van der Waals surface area contributed by atoms with E-state index in [1.54, 1.807) is 0 Å². The highest BCUT2D eigenvalue weighted by atomic mass is 16.3. The summed E-state index contributed by atoms with van der Waals surface area (Å²) >= 11 is 0. The van der Waals surface area contributed by atoms with Gasteiger partial charge in [0.15, 0.2) is 11.5 Å². The van der Waals surface area contributed by atoms with Gasteiger partial charge in [-0.3, -0.25) is 0 Å². The van der Waals surface area contributed by atoms with Crippen molar-refractivity contribution in [2.45, 2.75) is 32.6 Å². The summed E-state index contributed by atoms with van der Waals surface area (Å²) in [6.45, 7) is 3.09. The molecule has 0 saturated heterocycles. The summed E-state index contributed by atoms with van der Waals surface area (Å²) in [7, 11) is 0. The van der Waals surface area contributed by atoms with Gasteiger partial charge in [0.05, 0.1) is 0 Å². The Morgan fingerprint density at radius 1 is 1.37 bits per heavy atom. The van der Waals surface area contributed by atoms with Crippen LogP contribution in [0.3, 0.4) is 0 Å². The molecule has 1 heterocycles. The predicted molar refractivity (Wildman–Crippen MR) is 78.4 cm³/mol. The highest BCUT2D eigenvalue weighted by Gasteiger charge is 2.10. The van der Waals surface area contributed by atoms with Gasteiger partial charge in [0, 0.05) is 18.7 Å². The minimum absolute atomic E-state index is 0.754. The normalized spacial score (nSPS) is 18.9. The number of oxazole rings is 1. The zero-order valence-corrected chi connectivity index (χ0v) is 11.4. The Labute approximate surface area is 113 Å². The summed E-state index contributed by atoms with van der Waals surface area (Å²) in [6.07, 6.45) is 9.11. The standard InChI is InChI=1S/C16H20N2O/c1-2-16-18-14-10-13(8-9-15(14)19-16)17-11-12-6-4-3-5-7-12/h3-4,8-10,12,17H,2,5-7,11H2,1H3. The lowest BCUT2D eigenvalue weighted by molar-refractivity contribution is 0.504. The molecule has 0 spiro atoms. The lowest BCUT2D eigenvalue weighted by Gasteiger charge is -2.18. The average molecular weight is 256 g/mol. The molecule has 0 aliphatic heterocycles. The maximum absolute atomic E-state index is 5.62. The van der Waals surface area contributed by atoms with Gasteiger partial charge in [0.1, 0.15) is 5.52 Å². The zero-order valence-electron chi connectivity index (χ0n) is 11.4. The molecular weight excluding hydrogens is 236 g/mol. The topological polar surface area (TPSA) is 38.1 Å². The van der Waals surface area contributed by atoms with Crippen LogP contribution in [0.15, 0.2) is 34.8 Å². The molecule has 3 heteroatoms. The smallest absolute Gasteiger partial charge is 0.195 e. The third-order valence-corrected chi connectivity index (χ3v) is 3.71. The van der Waals surface area contributed by atoms with Crippen molar-refractivity contribution in [1.82, 2.24) is 4.98 Å². The van der Waals surface area contributed by atoms with Gasteiger partial charge in [-0.2, -0.15) is 0 Å². The quantitative estimate of drug-likeness (QED) is 0.835. The lowest BCUT2D eigenvalue weighted by atomic mass is 9.94. The number of rotatable bonds is 4. The Morgan fingerprint density at radius 2 is 2.32 bits per heavy atom. The maximum atomic E-state index is 5.62. The highest BCUT2D eigenvalue weighted by molar-refractivity contribution is 5.77. The largest absolute Gasteiger partial charge is 0.441 e. The summed E-state index contributed by atoms with van der Waals surface area (Å²) in [5, 5.41) is 3.52. The Hall–Kier alpha value is -1.77. The summed E-state index contributed by atoms with van der Waals surface area (Å²) in [5.41, 5.74) is 2.96. The molecule has 19 heavy (non-hydrogen) atoms. The van der Waals surface area contributed by atoms with Crippen molar-refractivity contribution in [3.05, 3.63) is 36.2 Å². The lowest BCUT2D eigenvalue weighted by Crippen LogP contribution is -2.15. The fourth-order valence-electron chi connectivity index (χ4n) is 2.54. The van der Waals surface area contributed by atoms with E-state index in [0.717, 1.165) is 41.6 Å². The van der Waals surface area contributed by atoms with Gasteiger partial charge in [-0.1, -0.05) is 19.1 Å². The second-order valence-corrected chi connectivity index (χ2v) is 5.18. The first kappa shape index (κ1) is 12.3. The molecule has 0 radical (unpaired) electrons. The van der Waals surface area contributed by atoms with Crippen LogP contribution in [0.2, 0.25) is 0 Å². The van der Waals surface area contributed by atoms with Gasteiger partial charge in [-0.15, -0.1) is 0 Å². The molecule has 1 aliphatic rings. The van der Waals surface area contributed by atoms with E-state index in [4.69, 9.17) is 4.42 Å². The van der Waals surface area contributed by atoms with Crippen LogP contribution in [0, 0.1) is 5.92 Å². The third kappa shape index (κ3) is 2.80. The number of nitrogens with one attached hydrogen (secondary N) is 1. The fourth-order valence-corrected chi connectivity index (χ4v) is 2.54. The molecule has 0 amide bonds. The van der Waals surface area contributed by atoms with E-state index in [0.29, 0.717) is 0 Å². The van der Waals surface area contributed by atoms with E-state index in [1.165, 1.54) is 19.3 Å². The van der Waals surface area contributed by atoms with E-state index >= 15 is 0 Å². The summed E-state index contributed by atoms with van der Waals surface area (Å²) in [6, 6.07) is 6.16. The SMILES string of the molecule is CCc1nc2cc(NCC3CC=CCC3)ccc2o1. The summed E-state index contributed by atoms with van der Waals surface area (Å²) in [4.78, 5) is 4.47. The number of aryl methyl sites for hydroxylation is 1. The van der Waals surface area contributed by atoms with Crippen molar-refractivity contribution in [1.29, 1.82) is 0 Å². The first-order chi connectivity index (χ1) is 9.35. The van der Waals surface area contributed by atoms with E-state index < -0.39 is 0 Å². The Bertz CT molecular complexity index is 585. The number of aromatic nitrogens is 1. The molecule has 100 valence electrons. The Kier molecular flexibility index (Phi) is 3.53. The molecule has 3 nitrogen and oxygen atoms in total. The van der Waals surface area contributed by atoms with Crippen LogP contribution in [0.5, 0.6) is 0 Å². The molecule has 0 saturated carbocycles. The van der Waals surface area contributed by atoms with Gasteiger partial charge in [0.25, 0.3) is 0 Å². The van der Waals surface area contributed by atoms with Crippen molar-refractivity contribution in [2.24, 2.45) is 5.92 Å². The van der Waals surface area contributed by atoms with Crippen LogP contribution in [0.25, 0.3) is 11.1 Å². The molecule has 1 N–H and O–H groups in total. The van der Waals surface area contributed by atoms with E-state index in [9.17, 15) is 0 Å². The number of fused-ring (bicyclic) bond motifs is 1. The third-order valence-electron chi connectivity index (χ3n) is 3.71. The minimum Gasteiger partial charge on any atom is -0.441 e. The van der Waals surface area contributed by atoms with Crippen LogP contribution in [0.1, 0.15) is 32.1 Å². The molecule has 1 unspecified atom stereocenters. The van der Waals surface area contributed by atoms with Crippen LogP contribution >= 0.6 is 0 Å². The molecule has 0 fully saturated rings. The van der Waals surface area contributed by atoms with Crippen molar-refractivity contribution in [3.8, 4) is 0 Å². The fraction of sp³-hybridized carbons (Fsp3) is 0.438. The molecule has 1 atom stereocenters. The number of benzene rings is 1. The van der Waals surface area contributed by atoms with Crippen LogP contribution in [0.4, 0.5) is 5.69 Å². The molecular formula is C16H20N2O. The van der Waals surface area contributed by atoms with Gasteiger partial charge >= 0.3 is 0 Å². The van der Waals surface area contributed by atoms with Crippen LogP contribution in [-0.4, -0.2) is 11.5 Å². The maximum Gasteiger partial charge on any atom is 0.195 e. The Balaban J connectivity index is 1.68. The van der Waals surface area contributed by atoms with Crippen LogP contribution in [-0.2, 0) is 6.42 Å². The van der Waals surface area contributed by atoms with E-state index in [1.807, 2.05) is 6.07 Å². The molecule has 0 bridgehead atoms. The first-order valence-corrected chi connectivity index (χ1v) is 7.13. The van der Waals surface area contributed by atoms with Crippen LogP contribution < -0.4 is 5.32 Å². The van der Waals surface area contributed by atoms with Gasteiger partial charge in [-0.05, 0) is 43.4 Å². The minimum atomic E-state index is 0.754. The number of hydrogen-bond acceptors (Lipinski definition) is 3. The predicted octanol–water partition coefficient (Wildman–Crippen LogP) is 4.16. The van der Waals surface area contributed by atoms with Crippen molar-refractivity contribution < 1.29 is 4.42 Å². The molecule has 1 aromatic heterocycles. The molecule has 2 aromatic rings. The molecule has 3 rings (SSSR count). The average Bonchev–Trinajstić information content (AvgIpc) is 2.88. The van der Waals surface area contributed by atoms with Crippen molar-refractivity contribution >= 4 is 16.8 Å². The van der Waals surface area contributed by atoms with Gasteiger partial charge in [0.2, 0.25) is 0 Å². The monoisotopic (exact) mass is 256 g/mol. The second kappa shape index (κ2) is 5.47. The van der Waals surface area contributed by atoms with E-state index in [2.05, 4.69) is 41.5 Å². The van der Waals surface area contributed by atoms with E-state index in [-0.39, 0.29) is 0 Å². The number of anilines is 1. The summed E-state index contributed by atoms with van der Waals surface area (Å²) in [5.74, 6) is 1.56. The molecule has 1 aromatic carbocycles. The highest BCUT2D eigenvalue weighted by Crippen LogP contribution is 2.22. The van der Waals surface area contributed by atoms with Gasteiger partial charge < -0.3 is 9.73 Å². The first-order valence-electron chi connectivity index (χ1n) is 7.13. The number of allylic oxidation sites excluding steroid dienone is 2. The molecule has 1 aliphatic carbocycles. The van der Waals surface area contributed by atoms with Crippen molar-refractivity contribution in [3.63, 3.8) is 0 Å². The zero-order chi connectivity index (χ0) is 13.1.